The van der Waals surface area contributed by atoms with E-state index >= 15 is 0 Å². The van der Waals surface area contributed by atoms with Crippen LogP contribution in [-0.2, 0) is 6.54 Å². The first-order chi connectivity index (χ1) is 10.2. The molecule has 21 heavy (non-hydrogen) atoms. The molecule has 5 nitrogen and oxygen atoms in total. The molecule has 0 unspecified atom stereocenters. The minimum atomic E-state index is 0.350. The van der Waals surface area contributed by atoms with E-state index in [9.17, 15) is 0 Å². The number of thiocarbonyl (C=S) groups is 1. The lowest BCUT2D eigenvalue weighted by molar-refractivity contribution is 0.269. The van der Waals surface area contributed by atoms with Crippen LogP contribution in [0, 0.1) is 0 Å². The Labute approximate surface area is 129 Å². The van der Waals surface area contributed by atoms with E-state index in [4.69, 9.17) is 27.4 Å². The molecule has 112 valence electrons. The van der Waals surface area contributed by atoms with E-state index in [0.717, 1.165) is 18.5 Å². The molecule has 2 rings (SSSR count). The molecule has 0 saturated heterocycles. The zero-order valence-electron chi connectivity index (χ0n) is 12.0. The summed E-state index contributed by atoms with van der Waals surface area (Å²) < 4.78 is 13.4. The third-order valence-electron chi connectivity index (χ3n) is 2.91. The van der Waals surface area contributed by atoms with Crippen LogP contribution in [0.1, 0.15) is 18.9 Å². The lowest BCUT2D eigenvalue weighted by Gasteiger charge is -2.13. The van der Waals surface area contributed by atoms with E-state index in [-0.39, 0.29) is 0 Å². The lowest BCUT2D eigenvalue weighted by atomic mass is 10.2. The number of rotatable bonds is 8. The smallest absolute Gasteiger partial charge is 0.161 e. The van der Waals surface area contributed by atoms with Gasteiger partial charge in [0.05, 0.1) is 19.5 Å². The predicted octanol–water partition coefficient (Wildman–Crippen LogP) is 2.39. The molecule has 6 heteroatoms. The van der Waals surface area contributed by atoms with Gasteiger partial charge >= 0.3 is 0 Å². The standard InChI is InChI=1S/C15H19N3O2S/c1-2-19-14-10-12(15(16)21)4-5-13(14)20-9-3-7-18-8-6-17-11-18/h4-6,8,10-11H,2-3,7,9H2,1H3,(H2,16,21). The highest BCUT2D eigenvalue weighted by atomic mass is 32.1. The Morgan fingerprint density at radius 1 is 1.33 bits per heavy atom. The zero-order chi connectivity index (χ0) is 15.1. The molecule has 0 fully saturated rings. The molecule has 1 heterocycles. The van der Waals surface area contributed by atoms with E-state index < -0.39 is 0 Å². The third kappa shape index (κ3) is 4.46. The van der Waals surface area contributed by atoms with Crippen molar-refractivity contribution in [2.24, 2.45) is 5.73 Å². The summed E-state index contributed by atoms with van der Waals surface area (Å²) in [7, 11) is 0. The molecule has 0 bridgehead atoms. The van der Waals surface area contributed by atoms with Gasteiger partial charge in [-0.1, -0.05) is 12.2 Å². The van der Waals surface area contributed by atoms with E-state index in [1.54, 1.807) is 12.5 Å². The Bertz CT molecular complexity index is 585. The van der Waals surface area contributed by atoms with Crippen LogP contribution in [0.2, 0.25) is 0 Å². The lowest BCUT2D eigenvalue weighted by Crippen LogP contribution is -2.10. The second kappa shape index (κ2) is 7.64. The van der Waals surface area contributed by atoms with Crippen molar-refractivity contribution in [1.82, 2.24) is 9.55 Å². The van der Waals surface area contributed by atoms with Crippen molar-refractivity contribution in [2.45, 2.75) is 19.9 Å². The van der Waals surface area contributed by atoms with Crippen molar-refractivity contribution in [3.8, 4) is 11.5 Å². The summed E-state index contributed by atoms with van der Waals surface area (Å²) >= 11 is 4.97. The van der Waals surface area contributed by atoms with E-state index in [1.165, 1.54) is 0 Å². The monoisotopic (exact) mass is 305 g/mol. The molecule has 0 spiro atoms. The van der Waals surface area contributed by atoms with Gasteiger partial charge in [0.25, 0.3) is 0 Å². The molecule has 0 radical (unpaired) electrons. The SMILES string of the molecule is CCOc1cc(C(N)=S)ccc1OCCCn1ccnc1. The van der Waals surface area contributed by atoms with Gasteiger partial charge in [0.2, 0.25) is 0 Å². The Morgan fingerprint density at radius 2 is 2.19 bits per heavy atom. The minimum Gasteiger partial charge on any atom is -0.490 e. The number of hydrogen-bond acceptors (Lipinski definition) is 4. The van der Waals surface area contributed by atoms with Gasteiger partial charge in [-0.25, -0.2) is 4.98 Å². The highest BCUT2D eigenvalue weighted by Crippen LogP contribution is 2.28. The van der Waals surface area contributed by atoms with E-state index in [2.05, 4.69) is 4.98 Å². The second-order valence-corrected chi connectivity index (χ2v) is 4.90. The first-order valence-corrected chi connectivity index (χ1v) is 7.26. The Hall–Kier alpha value is -2.08. The average molecular weight is 305 g/mol. The normalized spacial score (nSPS) is 10.3. The molecular weight excluding hydrogens is 286 g/mol. The van der Waals surface area contributed by atoms with Crippen LogP contribution in [0.3, 0.4) is 0 Å². The highest BCUT2D eigenvalue weighted by Gasteiger charge is 2.08. The number of imidazole rings is 1. The maximum Gasteiger partial charge on any atom is 0.161 e. The van der Waals surface area contributed by atoms with Crippen molar-refractivity contribution in [3.05, 3.63) is 42.5 Å². The van der Waals surface area contributed by atoms with Crippen LogP contribution in [0.15, 0.2) is 36.9 Å². The molecule has 0 saturated carbocycles. The Balaban J connectivity index is 1.93. The maximum absolute atomic E-state index is 5.78. The van der Waals surface area contributed by atoms with Gasteiger partial charge in [-0.05, 0) is 31.5 Å². The first-order valence-electron chi connectivity index (χ1n) is 6.86. The molecular formula is C15H19N3O2S. The minimum absolute atomic E-state index is 0.350. The Kier molecular flexibility index (Phi) is 5.57. The van der Waals surface area contributed by atoms with Crippen molar-refractivity contribution in [3.63, 3.8) is 0 Å². The number of nitrogens with two attached hydrogens (primary N) is 1. The molecule has 0 aliphatic heterocycles. The number of aryl methyl sites for hydroxylation is 1. The van der Waals surface area contributed by atoms with Crippen LogP contribution in [-0.4, -0.2) is 27.8 Å². The van der Waals surface area contributed by atoms with Gasteiger partial charge in [0.1, 0.15) is 4.99 Å². The zero-order valence-corrected chi connectivity index (χ0v) is 12.8. The molecule has 0 aliphatic carbocycles. The number of nitrogens with zero attached hydrogens (tertiary/aromatic N) is 2. The highest BCUT2D eigenvalue weighted by molar-refractivity contribution is 7.80. The first kappa shape index (κ1) is 15.3. The fourth-order valence-electron chi connectivity index (χ4n) is 1.90. The summed E-state index contributed by atoms with van der Waals surface area (Å²) in [4.78, 5) is 4.35. The predicted molar refractivity (Wildman–Crippen MR) is 85.8 cm³/mol. The van der Waals surface area contributed by atoms with Crippen LogP contribution in [0.5, 0.6) is 11.5 Å². The fourth-order valence-corrected chi connectivity index (χ4v) is 2.02. The molecule has 1 aromatic heterocycles. The number of benzene rings is 1. The summed E-state index contributed by atoms with van der Waals surface area (Å²) in [6.07, 6.45) is 6.38. The summed E-state index contributed by atoms with van der Waals surface area (Å²) in [5.41, 5.74) is 6.41. The number of ether oxygens (including phenoxy) is 2. The topological polar surface area (TPSA) is 62.3 Å². The Morgan fingerprint density at radius 3 is 2.86 bits per heavy atom. The van der Waals surface area contributed by atoms with Crippen molar-refractivity contribution < 1.29 is 9.47 Å². The molecule has 0 aliphatic rings. The summed E-state index contributed by atoms with van der Waals surface area (Å²) in [5, 5.41) is 0. The van der Waals surface area contributed by atoms with E-state index in [0.29, 0.717) is 29.7 Å². The van der Waals surface area contributed by atoms with E-state index in [1.807, 2.05) is 35.9 Å². The molecule has 1 aromatic carbocycles. The molecule has 2 aromatic rings. The van der Waals surface area contributed by atoms with Crippen LogP contribution < -0.4 is 15.2 Å². The van der Waals surface area contributed by atoms with Crippen LogP contribution in [0.25, 0.3) is 0 Å². The molecule has 2 N–H and O–H groups in total. The van der Waals surface area contributed by atoms with Crippen molar-refractivity contribution >= 4 is 17.2 Å². The van der Waals surface area contributed by atoms with Crippen molar-refractivity contribution in [1.29, 1.82) is 0 Å². The number of hydrogen-bond donors (Lipinski definition) is 1. The van der Waals surface area contributed by atoms with Gasteiger partial charge < -0.3 is 19.8 Å². The van der Waals surface area contributed by atoms with Gasteiger partial charge in [-0.2, -0.15) is 0 Å². The van der Waals surface area contributed by atoms with Crippen LogP contribution >= 0.6 is 12.2 Å². The fraction of sp³-hybridized carbons (Fsp3) is 0.333. The largest absolute Gasteiger partial charge is 0.490 e. The second-order valence-electron chi connectivity index (χ2n) is 4.46. The van der Waals surface area contributed by atoms with Crippen LogP contribution in [0.4, 0.5) is 0 Å². The third-order valence-corrected chi connectivity index (χ3v) is 3.14. The molecule has 0 atom stereocenters. The van der Waals surface area contributed by atoms with Gasteiger partial charge in [0.15, 0.2) is 11.5 Å². The van der Waals surface area contributed by atoms with Crippen molar-refractivity contribution in [2.75, 3.05) is 13.2 Å². The molecule has 0 amide bonds. The average Bonchev–Trinajstić information content (AvgIpc) is 2.98. The summed E-state index contributed by atoms with van der Waals surface area (Å²) in [5.74, 6) is 1.38. The van der Waals surface area contributed by atoms with Gasteiger partial charge in [-0.15, -0.1) is 0 Å². The van der Waals surface area contributed by atoms with Gasteiger partial charge in [-0.3, -0.25) is 0 Å². The number of aromatic nitrogens is 2. The quantitative estimate of drug-likeness (QED) is 0.599. The van der Waals surface area contributed by atoms with Gasteiger partial charge in [0, 0.05) is 24.5 Å². The summed E-state index contributed by atoms with van der Waals surface area (Å²) in [6, 6.07) is 5.50. The summed E-state index contributed by atoms with van der Waals surface area (Å²) in [6.45, 7) is 3.96. The maximum atomic E-state index is 5.78.